The molecule has 8 heteroatoms. The first-order valence-electron chi connectivity index (χ1n) is 4.70. The molecule has 0 unspecified atom stereocenters. The van der Waals surface area contributed by atoms with Crippen molar-refractivity contribution in [2.24, 2.45) is 0 Å². The predicted molar refractivity (Wildman–Crippen MR) is 61.2 cm³/mol. The van der Waals surface area contributed by atoms with E-state index in [4.69, 9.17) is 5.11 Å². The molecule has 0 aliphatic rings. The maximum absolute atomic E-state index is 13.5. The summed E-state index contributed by atoms with van der Waals surface area (Å²) in [5.74, 6) is -2.87. The smallest absolute Gasteiger partial charge is 0.337 e. The Morgan fingerprint density at radius 3 is 2.78 bits per heavy atom. The van der Waals surface area contributed by atoms with Crippen LogP contribution in [0.15, 0.2) is 23.6 Å². The van der Waals surface area contributed by atoms with Crippen LogP contribution < -0.4 is 5.32 Å². The molecule has 1 amide bonds. The van der Waals surface area contributed by atoms with Gasteiger partial charge < -0.3 is 10.4 Å². The van der Waals surface area contributed by atoms with Gasteiger partial charge in [-0.2, -0.15) is 0 Å². The van der Waals surface area contributed by atoms with E-state index in [1.165, 1.54) is 17.5 Å². The van der Waals surface area contributed by atoms with Gasteiger partial charge >= 0.3 is 5.97 Å². The minimum absolute atomic E-state index is 0.000378. The predicted octanol–water partition coefficient (Wildman–Crippen LogP) is 1.63. The average Bonchev–Trinajstić information content (AvgIpc) is 2.85. The van der Waals surface area contributed by atoms with Crippen LogP contribution in [0.4, 0.5) is 10.1 Å². The molecular weight excluding hydrogens is 261 g/mol. The average molecular weight is 267 g/mol. The number of aromatic nitrogens is 2. The number of amides is 1. The van der Waals surface area contributed by atoms with Gasteiger partial charge in [-0.3, -0.25) is 4.79 Å². The van der Waals surface area contributed by atoms with E-state index < -0.39 is 17.7 Å². The molecule has 0 saturated carbocycles. The topological polar surface area (TPSA) is 92.2 Å². The molecule has 0 bridgehead atoms. The molecule has 0 spiro atoms. The number of carboxylic acid groups (broad SMARTS) is 1. The lowest BCUT2D eigenvalue weighted by atomic mass is 10.1. The van der Waals surface area contributed by atoms with E-state index in [1.807, 2.05) is 0 Å². The van der Waals surface area contributed by atoms with Crippen LogP contribution in [0.5, 0.6) is 0 Å². The molecule has 6 nitrogen and oxygen atoms in total. The van der Waals surface area contributed by atoms with Gasteiger partial charge in [0.15, 0.2) is 5.69 Å². The SMILES string of the molecule is O=C(Nc1c(F)cccc1C(=O)O)c1csnn1. The zero-order valence-corrected chi connectivity index (χ0v) is 9.57. The summed E-state index contributed by atoms with van der Waals surface area (Å²) in [6.07, 6.45) is 0. The largest absolute Gasteiger partial charge is 0.478 e. The molecule has 0 atom stereocenters. The molecule has 92 valence electrons. The van der Waals surface area contributed by atoms with Crippen LogP contribution in [0.25, 0.3) is 0 Å². The second kappa shape index (κ2) is 4.88. The molecule has 0 saturated heterocycles. The van der Waals surface area contributed by atoms with E-state index >= 15 is 0 Å². The molecule has 2 aromatic rings. The Kier molecular flexibility index (Phi) is 3.28. The van der Waals surface area contributed by atoms with Crippen LogP contribution in [-0.4, -0.2) is 26.6 Å². The molecule has 0 aliphatic heterocycles. The Morgan fingerprint density at radius 2 is 2.17 bits per heavy atom. The van der Waals surface area contributed by atoms with Crippen LogP contribution in [0.3, 0.4) is 0 Å². The highest BCUT2D eigenvalue weighted by Crippen LogP contribution is 2.20. The van der Waals surface area contributed by atoms with Crippen LogP contribution in [0, 0.1) is 5.82 Å². The van der Waals surface area contributed by atoms with E-state index in [9.17, 15) is 14.0 Å². The zero-order chi connectivity index (χ0) is 13.1. The summed E-state index contributed by atoms with van der Waals surface area (Å²) >= 11 is 0.961. The van der Waals surface area contributed by atoms with Crippen molar-refractivity contribution in [3.8, 4) is 0 Å². The number of benzene rings is 1. The lowest BCUT2D eigenvalue weighted by Crippen LogP contribution is -2.16. The number of hydrogen-bond donors (Lipinski definition) is 2. The Bertz CT molecular complexity index is 600. The van der Waals surface area contributed by atoms with Crippen LogP contribution >= 0.6 is 11.5 Å². The van der Waals surface area contributed by atoms with Crippen LogP contribution in [0.1, 0.15) is 20.8 Å². The van der Waals surface area contributed by atoms with E-state index in [-0.39, 0.29) is 16.9 Å². The number of para-hydroxylation sites is 1. The summed E-state index contributed by atoms with van der Waals surface area (Å²) in [6, 6.07) is 3.50. The van der Waals surface area contributed by atoms with Crippen molar-refractivity contribution in [3.05, 3.63) is 40.7 Å². The lowest BCUT2D eigenvalue weighted by Gasteiger charge is -2.07. The Labute approximate surface area is 104 Å². The maximum atomic E-state index is 13.5. The number of carboxylic acids is 1. The quantitative estimate of drug-likeness (QED) is 0.881. The lowest BCUT2D eigenvalue weighted by molar-refractivity contribution is 0.0697. The van der Waals surface area contributed by atoms with Gasteiger partial charge in [0.05, 0.1) is 11.3 Å². The molecule has 2 rings (SSSR count). The Hall–Kier alpha value is -2.35. The van der Waals surface area contributed by atoms with Crippen molar-refractivity contribution in [1.29, 1.82) is 0 Å². The van der Waals surface area contributed by atoms with Gasteiger partial charge in [0.25, 0.3) is 5.91 Å². The number of nitrogens with one attached hydrogen (secondary N) is 1. The van der Waals surface area contributed by atoms with Gasteiger partial charge in [-0.25, -0.2) is 9.18 Å². The fraction of sp³-hybridized carbons (Fsp3) is 0. The summed E-state index contributed by atoms with van der Waals surface area (Å²) < 4.78 is 17.0. The molecule has 0 radical (unpaired) electrons. The molecule has 0 fully saturated rings. The number of anilines is 1. The normalized spacial score (nSPS) is 10.1. The molecule has 1 aromatic heterocycles. The highest BCUT2D eigenvalue weighted by Gasteiger charge is 2.18. The molecule has 2 N–H and O–H groups in total. The number of carbonyl (C=O) groups excluding carboxylic acids is 1. The third-order valence-electron chi connectivity index (χ3n) is 2.08. The highest BCUT2D eigenvalue weighted by atomic mass is 32.1. The summed E-state index contributed by atoms with van der Waals surface area (Å²) in [5, 5.41) is 15.9. The van der Waals surface area contributed by atoms with Gasteiger partial charge in [0, 0.05) is 5.38 Å². The van der Waals surface area contributed by atoms with E-state index in [0.717, 1.165) is 17.6 Å². The number of rotatable bonds is 3. The summed E-state index contributed by atoms with van der Waals surface area (Å²) in [4.78, 5) is 22.5. The van der Waals surface area contributed by atoms with Gasteiger partial charge in [0.1, 0.15) is 5.82 Å². The zero-order valence-electron chi connectivity index (χ0n) is 8.75. The van der Waals surface area contributed by atoms with E-state index in [0.29, 0.717) is 0 Å². The monoisotopic (exact) mass is 267 g/mol. The van der Waals surface area contributed by atoms with Gasteiger partial charge in [-0.1, -0.05) is 10.6 Å². The first kappa shape index (κ1) is 12.1. The van der Waals surface area contributed by atoms with Crippen molar-refractivity contribution in [2.75, 3.05) is 5.32 Å². The van der Waals surface area contributed by atoms with Gasteiger partial charge in [0.2, 0.25) is 0 Å². The summed E-state index contributed by atoms with van der Waals surface area (Å²) in [5.41, 5.74) is -0.714. The minimum atomic E-state index is -1.33. The Morgan fingerprint density at radius 1 is 1.39 bits per heavy atom. The first-order chi connectivity index (χ1) is 8.59. The number of hydrogen-bond acceptors (Lipinski definition) is 5. The van der Waals surface area contributed by atoms with Crippen LogP contribution in [0.2, 0.25) is 0 Å². The van der Waals surface area contributed by atoms with Crippen molar-refractivity contribution < 1.29 is 19.1 Å². The second-order valence-corrected chi connectivity index (χ2v) is 3.82. The van der Waals surface area contributed by atoms with Gasteiger partial charge in [-0.15, -0.1) is 5.10 Å². The fourth-order valence-electron chi connectivity index (χ4n) is 1.27. The first-order valence-corrected chi connectivity index (χ1v) is 5.53. The summed E-state index contributed by atoms with van der Waals surface area (Å²) in [7, 11) is 0. The van der Waals surface area contributed by atoms with Crippen molar-refractivity contribution in [1.82, 2.24) is 9.59 Å². The highest BCUT2D eigenvalue weighted by molar-refractivity contribution is 7.03. The van der Waals surface area contributed by atoms with E-state index in [1.54, 1.807) is 0 Å². The third-order valence-corrected chi connectivity index (χ3v) is 2.58. The molecule has 18 heavy (non-hydrogen) atoms. The molecule has 1 heterocycles. The minimum Gasteiger partial charge on any atom is -0.478 e. The van der Waals surface area contributed by atoms with Crippen LogP contribution in [-0.2, 0) is 0 Å². The standard InChI is InChI=1S/C10H6FN3O3S/c11-6-3-1-2-5(10(16)17)8(6)12-9(15)7-4-18-14-13-7/h1-4H,(H,12,15)(H,16,17). The number of carbonyl (C=O) groups is 2. The maximum Gasteiger partial charge on any atom is 0.337 e. The number of halogens is 1. The van der Waals surface area contributed by atoms with Gasteiger partial charge in [-0.05, 0) is 23.7 Å². The van der Waals surface area contributed by atoms with Crippen molar-refractivity contribution in [3.63, 3.8) is 0 Å². The molecule has 0 aliphatic carbocycles. The molecular formula is C10H6FN3O3S. The Balaban J connectivity index is 2.34. The van der Waals surface area contributed by atoms with Crippen molar-refractivity contribution >= 4 is 29.1 Å². The van der Waals surface area contributed by atoms with E-state index in [2.05, 4.69) is 14.9 Å². The molecule has 1 aromatic carbocycles. The third kappa shape index (κ3) is 2.33. The summed E-state index contributed by atoms with van der Waals surface area (Å²) in [6.45, 7) is 0. The van der Waals surface area contributed by atoms with Crippen molar-refractivity contribution in [2.45, 2.75) is 0 Å². The second-order valence-electron chi connectivity index (χ2n) is 3.21. The number of nitrogens with zero attached hydrogens (tertiary/aromatic N) is 2. The number of aromatic carboxylic acids is 1. The fourth-order valence-corrected chi connectivity index (χ4v) is 1.71.